The van der Waals surface area contributed by atoms with Gasteiger partial charge >= 0.3 is 12.3 Å². The number of likely N-dealkylation sites (tertiary alicyclic amines) is 1. The molecule has 5 rings (SSSR count). The normalized spacial score (nSPS) is 20.7. The zero-order chi connectivity index (χ0) is 28.1. The van der Waals surface area contributed by atoms with Gasteiger partial charge in [-0.25, -0.2) is 9.18 Å². The van der Waals surface area contributed by atoms with E-state index in [0.717, 1.165) is 23.3 Å². The van der Waals surface area contributed by atoms with Crippen molar-refractivity contribution in [1.29, 1.82) is 0 Å². The Morgan fingerprint density at radius 3 is 2.51 bits per heavy atom. The number of fused-ring (bicyclic) bond motifs is 1. The SMILES string of the molecule is CC(C)(C)OC(=O)N1CC(N2Cc3cc([C@H]4CN(Cc5cc(F)cc(C(F)(F)F)c5)CCO4)ccc3C2=O)C1. The van der Waals surface area contributed by atoms with Gasteiger partial charge in [0.2, 0.25) is 0 Å². The fraction of sp³-hybridized carbons (Fsp3) is 0.500. The van der Waals surface area contributed by atoms with E-state index in [0.29, 0.717) is 51.0 Å². The van der Waals surface area contributed by atoms with Gasteiger partial charge in [0.05, 0.1) is 24.3 Å². The lowest BCUT2D eigenvalue weighted by Gasteiger charge is -2.43. The molecule has 7 nitrogen and oxygen atoms in total. The standard InChI is InChI=1S/C28H31F4N3O4/c1-27(2,3)39-26(37)34-14-22(15-34)35-13-19-10-18(4-5-23(19)25(35)36)24-16-33(6-7-38-24)12-17-8-20(28(30,31)32)11-21(29)9-17/h4-5,8-11,22,24H,6-7,12-16H2,1-3H3/t24-/m1/s1. The molecule has 39 heavy (non-hydrogen) atoms. The highest BCUT2D eigenvalue weighted by Gasteiger charge is 2.42. The summed E-state index contributed by atoms with van der Waals surface area (Å²) in [6, 6.07) is 8.08. The summed E-state index contributed by atoms with van der Waals surface area (Å²) in [6.45, 7) is 8.13. The molecular weight excluding hydrogens is 518 g/mol. The lowest BCUT2D eigenvalue weighted by Crippen LogP contribution is -2.61. The van der Waals surface area contributed by atoms with E-state index in [1.165, 1.54) is 0 Å². The van der Waals surface area contributed by atoms with Crippen molar-refractivity contribution in [3.8, 4) is 0 Å². The van der Waals surface area contributed by atoms with Gasteiger partial charge in [0.1, 0.15) is 11.4 Å². The minimum absolute atomic E-state index is 0.0804. The molecule has 3 aliphatic heterocycles. The Labute approximate surface area is 224 Å². The first-order chi connectivity index (χ1) is 18.3. The Balaban J connectivity index is 1.22. The highest BCUT2D eigenvalue weighted by molar-refractivity contribution is 5.98. The van der Waals surface area contributed by atoms with E-state index in [4.69, 9.17) is 9.47 Å². The monoisotopic (exact) mass is 549 g/mol. The van der Waals surface area contributed by atoms with Crippen molar-refractivity contribution >= 4 is 12.0 Å². The first-order valence-corrected chi connectivity index (χ1v) is 12.9. The summed E-state index contributed by atoms with van der Waals surface area (Å²) in [4.78, 5) is 30.6. The number of carbonyl (C=O) groups is 2. The number of ether oxygens (including phenoxy) is 2. The highest BCUT2D eigenvalue weighted by atomic mass is 19.4. The first-order valence-electron chi connectivity index (χ1n) is 12.9. The molecule has 0 N–H and O–H groups in total. The summed E-state index contributed by atoms with van der Waals surface area (Å²) in [5.74, 6) is -0.999. The number of carbonyl (C=O) groups excluding carboxylic acids is 2. The van der Waals surface area contributed by atoms with Crippen LogP contribution in [-0.4, -0.2) is 71.1 Å². The Kier molecular flexibility index (Phi) is 7.09. The third kappa shape index (κ3) is 6.04. The van der Waals surface area contributed by atoms with E-state index in [-0.39, 0.29) is 30.2 Å². The van der Waals surface area contributed by atoms with E-state index < -0.39 is 29.3 Å². The fourth-order valence-corrected chi connectivity index (χ4v) is 5.20. The molecule has 3 heterocycles. The number of hydrogen-bond donors (Lipinski definition) is 0. The van der Waals surface area contributed by atoms with Crippen molar-refractivity contribution in [1.82, 2.24) is 14.7 Å². The molecule has 0 aromatic heterocycles. The summed E-state index contributed by atoms with van der Waals surface area (Å²) in [6.07, 6.45) is -5.35. The van der Waals surface area contributed by atoms with Gasteiger partial charge in [-0.05, 0) is 61.7 Å². The third-order valence-electron chi connectivity index (χ3n) is 7.13. The average molecular weight is 550 g/mol. The van der Waals surface area contributed by atoms with Crippen LogP contribution in [0.25, 0.3) is 0 Å². The van der Waals surface area contributed by atoms with Crippen LogP contribution in [-0.2, 0) is 28.7 Å². The van der Waals surface area contributed by atoms with Crippen LogP contribution in [0.15, 0.2) is 36.4 Å². The Morgan fingerprint density at radius 1 is 1.08 bits per heavy atom. The summed E-state index contributed by atoms with van der Waals surface area (Å²) in [7, 11) is 0. The van der Waals surface area contributed by atoms with E-state index in [1.807, 2.05) is 17.0 Å². The maximum atomic E-state index is 13.9. The summed E-state index contributed by atoms with van der Waals surface area (Å²) < 4.78 is 64.5. The molecule has 2 aromatic carbocycles. The summed E-state index contributed by atoms with van der Waals surface area (Å²) in [5.41, 5.74) is 1.01. The van der Waals surface area contributed by atoms with Gasteiger partial charge in [0.25, 0.3) is 5.91 Å². The lowest BCUT2D eigenvalue weighted by molar-refractivity contribution is -0.137. The van der Waals surface area contributed by atoms with Gasteiger partial charge in [-0.1, -0.05) is 12.1 Å². The number of hydrogen-bond acceptors (Lipinski definition) is 5. The Hall–Kier alpha value is -3.18. The van der Waals surface area contributed by atoms with Crippen LogP contribution in [0.2, 0.25) is 0 Å². The van der Waals surface area contributed by atoms with Crippen molar-refractivity contribution < 1.29 is 36.6 Å². The second-order valence-electron chi connectivity index (χ2n) is 11.3. The second kappa shape index (κ2) is 10.1. The predicted molar refractivity (Wildman–Crippen MR) is 133 cm³/mol. The number of benzene rings is 2. The first kappa shape index (κ1) is 27.4. The van der Waals surface area contributed by atoms with Crippen LogP contribution in [0.5, 0.6) is 0 Å². The molecule has 0 spiro atoms. The molecule has 2 amide bonds. The molecule has 0 aliphatic carbocycles. The molecule has 2 aromatic rings. The molecule has 11 heteroatoms. The van der Waals surface area contributed by atoms with Gasteiger partial charge in [0.15, 0.2) is 0 Å². The average Bonchev–Trinajstić information content (AvgIpc) is 3.11. The molecule has 210 valence electrons. The van der Waals surface area contributed by atoms with Crippen molar-refractivity contribution in [3.63, 3.8) is 0 Å². The van der Waals surface area contributed by atoms with Crippen LogP contribution >= 0.6 is 0 Å². The van der Waals surface area contributed by atoms with Gasteiger partial charge in [-0.2, -0.15) is 13.2 Å². The number of nitrogens with zero attached hydrogens (tertiary/aromatic N) is 3. The molecule has 2 saturated heterocycles. The zero-order valence-corrected chi connectivity index (χ0v) is 22.1. The van der Waals surface area contributed by atoms with Crippen LogP contribution in [0, 0.1) is 5.82 Å². The smallest absolute Gasteiger partial charge is 0.416 e. The van der Waals surface area contributed by atoms with Crippen LogP contribution in [0.1, 0.15) is 59.5 Å². The van der Waals surface area contributed by atoms with Gasteiger partial charge in [-0.3, -0.25) is 9.69 Å². The minimum atomic E-state index is -4.62. The predicted octanol–water partition coefficient (Wildman–Crippen LogP) is 4.99. The maximum Gasteiger partial charge on any atom is 0.416 e. The third-order valence-corrected chi connectivity index (χ3v) is 7.13. The largest absolute Gasteiger partial charge is 0.444 e. The second-order valence-corrected chi connectivity index (χ2v) is 11.3. The van der Waals surface area contributed by atoms with Crippen LogP contribution in [0.4, 0.5) is 22.4 Å². The van der Waals surface area contributed by atoms with Crippen LogP contribution < -0.4 is 0 Å². The molecule has 0 unspecified atom stereocenters. The lowest BCUT2D eigenvalue weighted by atomic mass is 10.0. The number of amides is 2. The number of morpholine rings is 1. The van der Waals surface area contributed by atoms with E-state index in [1.54, 1.807) is 36.6 Å². The fourth-order valence-electron chi connectivity index (χ4n) is 5.20. The number of alkyl halides is 3. The molecule has 0 bridgehead atoms. The minimum Gasteiger partial charge on any atom is -0.444 e. The van der Waals surface area contributed by atoms with Gasteiger partial charge in [-0.15, -0.1) is 0 Å². The number of halogens is 4. The maximum absolute atomic E-state index is 13.9. The molecule has 1 atom stereocenters. The summed E-state index contributed by atoms with van der Waals surface area (Å²) >= 11 is 0. The summed E-state index contributed by atoms with van der Waals surface area (Å²) in [5, 5.41) is 0. The van der Waals surface area contributed by atoms with Crippen molar-refractivity contribution in [2.24, 2.45) is 0 Å². The van der Waals surface area contributed by atoms with E-state index in [9.17, 15) is 27.2 Å². The molecule has 0 radical (unpaired) electrons. The molecule has 2 fully saturated rings. The van der Waals surface area contributed by atoms with Crippen molar-refractivity contribution in [3.05, 3.63) is 70.0 Å². The Morgan fingerprint density at radius 2 is 1.82 bits per heavy atom. The van der Waals surface area contributed by atoms with Crippen molar-refractivity contribution in [2.75, 3.05) is 32.8 Å². The van der Waals surface area contributed by atoms with E-state index in [2.05, 4.69) is 0 Å². The zero-order valence-electron chi connectivity index (χ0n) is 22.1. The quantitative estimate of drug-likeness (QED) is 0.503. The molecule has 3 aliphatic rings. The molecular formula is C28H31F4N3O4. The Bertz CT molecular complexity index is 1270. The van der Waals surface area contributed by atoms with Crippen LogP contribution in [0.3, 0.4) is 0 Å². The van der Waals surface area contributed by atoms with Gasteiger partial charge in [0, 0.05) is 44.8 Å². The highest BCUT2D eigenvalue weighted by Crippen LogP contribution is 2.34. The number of rotatable bonds is 4. The van der Waals surface area contributed by atoms with E-state index >= 15 is 0 Å². The molecule has 0 saturated carbocycles. The van der Waals surface area contributed by atoms with Crippen molar-refractivity contribution in [2.45, 2.75) is 57.8 Å². The topological polar surface area (TPSA) is 62.3 Å². The van der Waals surface area contributed by atoms with Gasteiger partial charge < -0.3 is 19.3 Å².